The van der Waals surface area contributed by atoms with Crippen LogP contribution in [-0.2, 0) is 0 Å². The molecule has 3 nitrogen and oxygen atoms in total. The second-order valence-electron chi connectivity index (χ2n) is 3.29. The first-order valence-corrected chi connectivity index (χ1v) is 4.44. The summed E-state index contributed by atoms with van der Waals surface area (Å²) < 4.78 is 5.58. The molecule has 0 bridgehead atoms. The van der Waals surface area contributed by atoms with Gasteiger partial charge in [0.25, 0.3) is 0 Å². The van der Waals surface area contributed by atoms with Crippen LogP contribution in [0.5, 0.6) is 0 Å². The van der Waals surface area contributed by atoms with Gasteiger partial charge < -0.3 is 4.42 Å². The Labute approximate surface area is 80.4 Å². The Hall–Kier alpha value is -1.90. The van der Waals surface area contributed by atoms with E-state index < -0.39 is 0 Å². The number of aryl methyl sites for hydroxylation is 1. The zero-order valence-electron chi connectivity index (χ0n) is 7.69. The van der Waals surface area contributed by atoms with E-state index in [1.807, 2.05) is 12.1 Å². The number of aromatic nitrogens is 2. The van der Waals surface area contributed by atoms with Crippen LogP contribution in [0.25, 0.3) is 22.1 Å². The van der Waals surface area contributed by atoms with Gasteiger partial charge in [-0.15, -0.1) is 0 Å². The molecule has 0 aliphatic heterocycles. The fourth-order valence-electron chi connectivity index (χ4n) is 1.75. The van der Waals surface area contributed by atoms with Crippen LogP contribution in [0.4, 0.5) is 0 Å². The average molecular weight is 184 g/mol. The predicted octanol–water partition coefficient (Wildman–Crippen LogP) is 2.68. The SMILES string of the molecule is Cc1cccc2oc3ncncc3c12. The molecule has 68 valence electrons. The number of hydrogen-bond donors (Lipinski definition) is 0. The third-order valence-electron chi connectivity index (χ3n) is 2.39. The summed E-state index contributed by atoms with van der Waals surface area (Å²) in [4.78, 5) is 8.09. The highest BCUT2D eigenvalue weighted by molar-refractivity contribution is 6.04. The molecule has 1 aromatic carbocycles. The molecule has 2 aromatic heterocycles. The Morgan fingerprint density at radius 1 is 1.29 bits per heavy atom. The van der Waals surface area contributed by atoms with Gasteiger partial charge in [-0.2, -0.15) is 0 Å². The maximum Gasteiger partial charge on any atom is 0.230 e. The lowest BCUT2D eigenvalue weighted by atomic mass is 10.1. The summed E-state index contributed by atoms with van der Waals surface area (Å²) in [5.74, 6) is 0. The lowest BCUT2D eigenvalue weighted by molar-refractivity contribution is 0.652. The summed E-state index contributed by atoms with van der Waals surface area (Å²) >= 11 is 0. The minimum atomic E-state index is 0.657. The van der Waals surface area contributed by atoms with E-state index in [1.165, 1.54) is 11.9 Å². The van der Waals surface area contributed by atoms with Crippen LogP contribution in [0.15, 0.2) is 35.1 Å². The zero-order chi connectivity index (χ0) is 9.54. The molecule has 3 heteroatoms. The van der Waals surface area contributed by atoms with Crippen molar-refractivity contribution in [3.8, 4) is 0 Å². The number of hydrogen-bond acceptors (Lipinski definition) is 3. The predicted molar refractivity (Wildman–Crippen MR) is 54.0 cm³/mol. The van der Waals surface area contributed by atoms with Gasteiger partial charge in [0, 0.05) is 11.6 Å². The summed E-state index contributed by atoms with van der Waals surface area (Å²) in [5, 5.41) is 2.10. The molecule has 0 aliphatic rings. The third kappa shape index (κ3) is 0.865. The standard InChI is InChI=1S/C11H8N2O/c1-7-3-2-4-9-10(7)8-5-12-6-13-11(8)14-9/h2-6H,1H3. The fourth-order valence-corrected chi connectivity index (χ4v) is 1.75. The molecule has 0 atom stereocenters. The molecule has 0 aliphatic carbocycles. The molecule has 3 rings (SSSR count). The Morgan fingerprint density at radius 2 is 2.21 bits per heavy atom. The van der Waals surface area contributed by atoms with E-state index in [0.717, 1.165) is 16.4 Å². The van der Waals surface area contributed by atoms with Crippen molar-refractivity contribution in [3.05, 3.63) is 36.3 Å². The molecule has 14 heavy (non-hydrogen) atoms. The van der Waals surface area contributed by atoms with Crippen LogP contribution in [0.1, 0.15) is 5.56 Å². The zero-order valence-corrected chi connectivity index (χ0v) is 7.69. The first-order chi connectivity index (χ1) is 6.86. The van der Waals surface area contributed by atoms with Crippen molar-refractivity contribution >= 4 is 22.1 Å². The van der Waals surface area contributed by atoms with Gasteiger partial charge in [-0.3, -0.25) is 0 Å². The Kier molecular flexibility index (Phi) is 1.36. The number of nitrogens with zero attached hydrogens (tertiary/aromatic N) is 2. The van der Waals surface area contributed by atoms with Gasteiger partial charge in [0.05, 0.1) is 5.39 Å². The monoisotopic (exact) mass is 184 g/mol. The quantitative estimate of drug-likeness (QED) is 0.539. The number of fused-ring (bicyclic) bond motifs is 3. The van der Waals surface area contributed by atoms with Gasteiger partial charge >= 0.3 is 0 Å². The van der Waals surface area contributed by atoms with Crippen molar-refractivity contribution < 1.29 is 4.42 Å². The van der Waals surface area contributed by atoms with Crippen LogP contribution in [0, 0.1) is 6.92 Å². The van der Waals surface area contributed by atoms with E-state index in [0.29, 0.717) is 5.71 Å². The molecule has 0 radical (unpaired) electrons. The molecule has 0 amide bonds. The van der Waals surface area contributed by atoms with Crippen LogP contribution < -0.4 is 0 Å². The molecule has 0 spiro atoms. The van der Waals surface area contributed by atoms with Crippen LogP contribution in [0.2, 0.25) is 0 Å². The van der Waals surface area contributed by atoms with Crippen molar-refractivity contribution in [2.45, 2.75) is 6.92 Å². The molecule has 0 N–H and O–H groups in total. The molecule has 0 saturated heterocycles. The van der Waals surface area contributed by atoms with Crippen molar-refractivity contribution in [3.63, 3.8) is 0 Å². The first-order valence-electron chi connectivity index (χ1n) is 4.44. The van der Waals surface area contributed by atoms with E-state index >= 15 is 0 Å². The van der Waals surface area contributed by atoms with Crippen molar-refractivity contribution in [1.29, 1.82) is 0 Å². The summed E-state index contributed by atoms with van der Waals surface area (Å²) in [6, 6.07) is 5.99. The van der Waals surface area contributed by atoms with E-state index in [4.69, 9.17) is 4.42 Å². The van der Waals surface area contributed by atoms with Gasteiger partial charge in [-0.25, -0.2) is 9.97 Å². The Balaban J connectivity index is 2.65. The second kappa shape index (κ2) is 2.54. The fraction of sp³-hybridized carbons (Fsp3) is 0.0909. The van der Waals surface area contributed by atoms with Gasteiger partial charge in [-0.05, 0) is 18.6 Å². The van der Waals surface area contributed by atoms with E-state index in [9.17, 15) is 0 Å². The van der Waals surface area contributed by atoms with Gasteiger partial charge in [0.1, 0.15) is 11.9 Å². The van der Waals surface area contributed by atoms with Crippen molar-refractivity contribution in [1.82, 2.24) is 9.97 Å². The van der Waals surface area contributed by atoms with E-state index in [-0.39, 0.29) is 0 Å². The summed E-state index contributed by atoms with van der Waals surface area (Å²) in [6.07, 6.45) is 3.29. The summed E-state index contributed by atoms with van der Waals surface area (Å²) in [7, 11) is 0. The van der Waals surface area contributed by atoms with Gasteiger partial charge in [0.15, 0.2) is 0 Å². The van der Waals surface area contributed by atoms with Crippen molar-refractivity contribution in [2.75, 3.05) is 0 Å². The smallest absolute Gasteiger partial charge is 0.230 e. The second-order valence-corrected chi connectivity index (χ2v) is 3.29. The summed E-state index contributed by atoms with van der Waals surface area (Å²) in [6.45, 7) is 2.06. The number of benzene rings is 1. The summed E-state index contributed by atoms with van der Waals surface area (Å²) in [5.41, 5.74) is 2.72. The number of rotatable bonds is 0. The molecule has 2 heterocycles. The Morgan fingerprint density at radius 3 is 3.14 bits per heavy atom. The molecule has 0 unspecified atom stereocenters. The molecule has 0 saturated carbocycles. The minimum Gasteiger partial charge on any atom is -0.438 e. The van der Waals surface area contributed by atoms with Gasteiger partial charge in [0.2, 0.25) is 5.71 Å². The first kappa shape index (κ1) is 7.50. The highest BCUT2D eigenvalue weighted by Crippen LogP contribution is 2.28. The van der Waals surface area contributed by atoms with E-state index in [2.05, 4.69) is 23.0 Å². The minimum absolute atomic E-state index is 0.657. The normalized spacial score (nSPS) is 11.2. The Bertz CT molecular complexity index is 613. The van der Waals surface area contributed by atoms with Gasteiger partial charge in [-0.1, -0.05) is 12.1 Å². The highest BCUT2D eigenvalue weighted by atomic mass is 16.3. The lowest BCUT2D eigenvalue weighted by Crippen LogP contribution is -1.76. The maximum atomic E-state index is 5.58. The maximum absolute atomic E-state index is 5.58. The topological polar surface area (TPSA) is 38.9 Å². The lowest BCUT2D eigenvalue weighted by Gasteiger charge is -1.92. The number of furan rings is 1. The van der Waals surface area contributed by atoms with Crippen molar-refractivity contribution in [2.24, 2.45) is 0 Å². The molecular weight excluding hydrogens is 176 g/mol. The van der Waals surface area contributed by atoms with E-state index in [1.54, 1.807) is 6.20 Å². The molecular formula is C11H8N2O. The van der Waals surface area contributed by atoms with Crippen LogP contribution in [0.3, 0.4) is 0 Å². The molecule has 3 aromatic rings. The van der Waals surface area contributed by atoms with Crippen LogP contribution >= 0.6 is 0 Å². The highest BCUT2D eigenvalue weighted by Gasteiger charge is 2.08. The largest absolute Gasteiger partial charge is 0.438 e. The van der Waals surface area contributed by atoms with Crippen LogP contribution in [-0.4, -0.2) is 9.97 Å². The molecule has 0 fully saturated rings. The third-order valence-corrected chi connectivity index (χ3v) is 2.39. The average Bonchev–Trinajstić information content (AvgIpc) is 2.57.